The van der Waals surface area contributed by atoms with E-state index in [4.69, 9.17) is 5.73 Å². The van der Waals surface area contributed by atoms with Gasteiger partial charge < -0.3 is 16.4 Å². The molecule has 2 amide bonds. The van der Waals surface area contributed by atoms with Crippen molar-refractivity contribution in [3.63, 3.8) is 0 Å². The summed E-state index contributed by atoms with van der Waals surface area (Å²) in [5.74, 6) is -0.948. The lowest BCUT2D eigenvalue weighted by molar-refractivity contribution is -0.125. The summed E-state index contributed by atoms with van der Waals surface area (Å²) in [5, 5.41) is 5.75. The molecule has 0 unspecified atom stereocenters. The van der Waals surface area contributed by atoms with E-state index >= 15 is 0 Å². The van der Waals surface area contributed by atoms with Gasteiger partial charge in [-0.2, -0.15) is 0 Å². The summed E-state index contributed by atoms with van der Waals surface area (Å²) >= 11 is 0. The van der Waals surface area contributed by atoms with Crippen LogP contribution in [0.5, 0.6) is 0 Å². The van der Waals surface area contributed by atoms with Crippen molar-refractivity contribution in [3.8, 4) is 0 Å². The molecule has 2 heterocycles. The number of hydrogen-bond acceptors (Lipinski definition) is 3. The summed E-state index contributed by atoms with van der Waals surface area (Å²) < 4.78 is 12.9. The second kappa shape index (κ2) is 4.42. The summed E-state index contributed by atoms with van der Waals surface area (Å²) in [6.07, 6.45) is 2.15. The second-order valence-electron chi connectivity index (χ2n) is 5.22. The summed E-state index contributed by atoms with van der Waals surface area (Å²) in [6, 6.07) is 5.39. The summed E-state index contributed by atoms with van der Waals surface area (Å²) in [5.41, 5.74) is 5.89. The average molecular weight is 275 g/mol. The Balaban J connectivity index is 1.89. The van der Waals surface area contributed by atoms with Crippen molar-refractivity contribution < 1.29 is 14.0 Å². The molecule has 104 valence electrons. The van der Waals surface area contributed by atoms with Crippen molar-refractivity contribution in [3.05, 3.63) is 41.7 Å². The van der Waals surface area contributed by atoms with Crippen LogP contribution in [0.4, 0.5) is 4.39 Å². The molecule has 0 aliphatic carbocycles. The fourth-order valence-electron chi connectivity index (χ4n) is 2.71. The molecule has 6 heteroatoms. The Morgan fingerprint density at radius 3 is 2.65 bits per heavy atom. The average Bonchev–Trinajstić information content (AvgIpc) is 2.97. The van der Waals surface area contributed by atoms with Crippen LogP contribution < -0.4 is 16.4 Å². The van der Waals surface area contributed by atoms with E-state index in [1.807, 2.05) is 0 Å². The Morgan fingerprint density at radius 1 is 1.35 bits per heavy atom. The van der Waals surface area contributed by atoms with E-state index in [0.717, 1.165) is 5.56 Å². The summed E-state index contributed by atoms with van der Waals surface area (Å²) in [6.45, 7) is 0.372. The predicted molar refractivity (Wildman–Crippen MR) is 70.6 cm³/mol. The third-order valence-corrected chi connectivity index (χ3v) is 3.85. The van der Waals surface area contributed by atoms with Gasteiger partial charge in [-0.3, -0.25) is 9.59 Å². The normalized spacial score (nSPS) is 28.6. The molecule has 1 spiro atoms. The fourth-order valence-corrected chi connectivity index (χ4v) is 2.71. The van der Waals surface area contributed by atoms with Gasteiger partial charge in [0.25, 0.3) is 0 Å². The number of halogens is 1. The predicted octanol–water partition coefficient (Wildman–Crippen LogP) is 0.130. The van der Waals surface area contributed by atoms with Gasteiger partial charge >= 0.3 is 0 Å². The highest BCUT2D eigenvalue weighted by Gasteiger charge is 2.48. The molecule has 20 heavy (non-hydrogen) atoms. The van der Waals surface area contributed by atoms with Crippen LogP contribution in [0.3, 0.4) is 0 Å². The lowest BCUT2D eigenvalue weighted by Crippen LogP contribution is -2.36. The van der Waals surface area contributed by atoms with Crippen LogP contribution in [0.15, 0.2) is 30.3 Å². The van der Waals surface area contributed by atoms with Crippen molar-refractivity contribution in [2.75, 3.05) is 6.54 Å². The van der Waals surface area contributed by atoms with Crippen LogP contribution in [0, 0.1) is 11.2 Å². The Morgan fingerprint density at radius 2 is 2.05 bits per heavy atom. The minimum atomic E-state index is -0.747. The zero-order chi connectivity index (χ0) is 14.3. The lowest BCUT2D eigenvalue weighted by atomic mass is 9.85. The Hall–Kier alpha value is -2.21. The molecule has 0 bridgehead atoms. The van der Waals surface area contributed by atoms with Crippen LogP contribution in [-0.2, 0) is 9.59 Å². The molecule has 0 saturated carbocycles. The van der Waals surface area contributed by atoms with Crippen molar-refractivity contribution in [2.24, 2.45) is 11.1 Å². The van der Waals surface area contributed by atoms with Gasteiger partial charge in [-0.25, -0.2) is 4.39 Å². The molecule has 1 aromatic rings. The molecule has 5 nitrogen and oxygen atoms in total. The number of amides is 2. The zero-order valence-corrected chi connectivity index (χ0v) is 10.7. The van der Waals surface area contributed by atoms with Crippen molar-refractivity contribution in [1.82, 2.24) is 10.6 Å². The lowest BCUT2D eigenvalue weighted by Gasteiger charge is -2.15. The number of nitrogens with one attached hydrogen (secondary N) is 2. The SMILES string of the molecule is NC(=O)[C@@H]1C[C@@]2(C=C(c3ccc(F)cc3)NC2=O)CN1. The molecule has 3 rings (SSSR count). The van der Waals surface area contributed by atoms with Gasteiger partial charge in [0, 0.05) is 12.2 Å². The zero-order valence-electron chi connectivity index (χ0n) is 10.7. The van der Waals surface area contributed by atoms with Crippen molar-refractivity contribution in [1.29, 1.82) is 0 Å². The van der Waals surface area contributed by atoms with Gasteiger partial charge in [-0.1, -0.05) is 0 Å². The maximum atomic E-state index is 12.9. The first-order valence-corrected chi connectivity index (χ1v) is 6.33. The molecule has 4 N–H and O–H groups in total. The van der Waals surface area contributed by atoms with Crippen LogP contribution in [0.25, 0.3) is 5.70 Å². The highest BCUT2D eigenvalue weighted by Crippen LogP contribution is 2.38. The number of nitrogens with two attached hydrogens (primary N) is 1. The summed E-state index contributed by atoms with van der Waals surface area (Å²) in [4.78, 5) is 23.4. The fraction of sp³-hybridized carbons (Fsp3) is 0.286. The highest BCUT2D eigenvalue weighted by molar-refractivity contribution is 6.00. The second-order valence-corrected chi connectivity index (χ2v) is 5.22. The van der Waals surface area contributed by atoms with E-state index in [1.54, 1.807) is 18.2 Å². The van der Waals surface area contributed by atoms with Gasteiger partial charge in [-0.05, 0) is 42.3 Å². The standard InChI is InChI=1S/C14H14FN3O2/c15-9-3-1-8(2-4-9)10-5-14(13(20)18-10)6-11(12(16)19)17-7-14/h1-5,11,17H,6-7H2,(H2,16,19)(H,18,20)/t11-,14-/m0/s1. The quantitative estimate of drug-likeness (QED) is 0.717. The number of benzene rings is 1. The molecule has 2 aliphatic heterocycles. The Kier molecular flexibility index (Phi) is 2.83. The first-order valence-electron chi connectivity index (χ1n) is 6.33. The number of primary amides is 1. The highest BCUT2D eigenvalue weighted by atomic mass is 19.1. The van der Waals surface area contributed by atoms with E-state index in [0.29, 0.717) is 18.7 Å². The number of hydrogen-bond donors (Lipinski definition) is 3. The van der Waals surface area contributed by atoms with Gasteiger partial charge in [-0.15, -0.1) is 0 Å². The first-order chi connectivity index (χ1) is 9.50. The van der Waals surface area contributed by atoms with Gasteiger partial charge in [0.1, 0.15) is 5.82 Å². The molecule has 2 atom stereocenters. The van der Waals surface area contributed by atoms with Gasteiger partial charge in [0.15, 0.2) is 0 Å². The van der Waals surface area contributed by atoms with E-state index in [-0.39, 0.29) is 11.7 Å². The number of rotatable bonds is 2. The molecule has 0 aromatic heterocycles. The summed E-state index contributed by atoms with van der Waals surface area (Å²) in [7, 11) is 0. The Labute approximate surface area is 115 Å². The molecule has 0 radical (unpaired) electrons. The maximum absolute atomic E-state index is 12.9. The largest absolute Gasteiger partial charge is 0.368 e. The number of carbonyl (C=O) groups is 2. The van der Waals surface area contributed by atoms with Gasteiger partial charge in [0.2, 0.25) is 11.8 Å². The van der Waals surface area contributed by atoms with Crippen LogP contribution in [0.2, 0.25) is 0 Å². The van der Waals surface area contributed by atoms with Gasteiger partial charge in [0.05, 0.1) is 11.5 Å². The molecule has 2 aliphatic rings. The van der Waals surface area contributed by atoms with E-state index in [1.165, 1.54) is 12.1 Å². The minimum absolute atomic E-state index is 0.159. The smallest absolute Gasteiger partial charge is 0.235 e. The van der Waals surface area contributed by atoms with Crippen LogP contribution >= 0.6 is 0 Å². The van der Waals surface area contributed by atoms with E-state index in [9.17, 15) is 14.0 Å². The topological polar surface area (TPSA) is 84.2 Å². The monoisotopic (exact) mass is 275 g/mol. The van der Waals surface area contributed by atoms with Crippen molar-refractivity contribution in [2.45, 2.75) is 12.5 Å². The third kappa shape index (κ3) is 1.98. The molecule has 1 saturated heterocycles. The molecule has 1 aromatic carbocycles. The molecular weight excluding hydrogens is 261 g/mol. The van der Waals surface area contributed by atoms with E-state index < -0.39 is 17.4 Å². The number of carbonyl (C=O) groups excluding carboxylic acids is 2. The Bertz CT molecular complexity index is 611. The molecule has 1 fully saturated rings. The maximum Gasteiger partial charge on any atom is 0.235 e. The third-order valence-electron chi connectivity index (χ3n) is 3.85. The van der Waals surface area contributed by atoms with E-state index in [2.05, 4.69) is 10.6 Å². The van der Waals surface area contributed by atoms with Crippen LogP contribution in [-0.4, -0.2) is 24.4 Å². The minimum Gasteiger partial charge on any atom is -0.368 e. The van der Waals surface area contributed by atoms with Crippen LogP contribution in [0.1, 0.15) is 12.0 Å². The van der Waals surface area contributed by atoms with Crippen molar-refractivity contribution >= 4 is 17.5 Å². The first kappa shape index (κ1) is 12.8. The molecular formula is C14H14FN3O2.